The first-order valence-electron chi connectivity index (χ1n) is 6.21. The predicted molar refractivity (Wildman–Crippen MR) is 68.7 cm³/mol. The first-order valence-corrected chi connectivity index (χ1v) is 6.21. The average Bonchev–Trinajstić information content (AvgIpc) is 3.08. The van der Waals surface area contributed by atoms with Crippen molar-refractivity contribution in [2.45, 2.75) is 45.6 Å². The zero-order valence-corrected chi connectivity index (χ0v) is 10.2. The monoisotopic (exact) mass is 219 g/mol. The summed E-state index contributed by atoms with van der Waals surface area (Å²) in [5.74, 6) is 1.05. The minimum absolute atomic E-state index is 0.709. The number of anilines is 2. The second-order valence-corrected chi connectivity index (χ2v) is 4.68. The van der Waals surface area contributed by atoms with Crippen molar-refractivity contribution >= 4 is 11.5 Å². The van der Waals surface area contributed by atoms with Gasteiger partial charge >= 0.3 is 0 Å². The molecule has 2 N–H and O–H groups in total. The summed E-state index contributed by atoms with van der Waals surface area (Å²) in [6.45, 7) is 5.33. The number of hydrogen-bond donors (Lipinski definition) is 1. The van der Waals surface area contributed by atoms with Gasteiger partial charge in [-0.2, -0.15) is 0 Å². The van der Waals surface area contributed by atoms with Gasteiger partial charge in [-0.05, 0) is 31.7 Å². The molecule has 0 bridgehead atoms. The molecule has 0 aromatic carbocycles. The van der Waals surface area contributed by atoms with E-state index >= 15 is 0 Å². The molecule has 1 fully saturated rings. The van der Waals surface area contributed by atoms with E-state index in [2.05, 4.69) is 16.8 Å². The van der Waals surface area contributed by atoms with Crippen LogP contribution < -0.4 is 10.6 Å². The van der Waals surface area contributed by atoms with E-state index in [0.717, 1.165) is 23.6 Å². The number of rotatable bonds is 5. The maximum Gasteiger partial charge on any atom is 0.130 e. The zero-order valence-electron chi connectivity index (χ0n) is 10.2. The van der Waals surface area contributed by atoms with Crippen molar-refractivity contribution in [3.8, 4) is 0 Å². The van der Waals surface area contributed by atoms with E-state index in [4.69, 9.17) is 5.73 Å². The van der Waals surface area contributed by atoms with E-state index in [1.165, 1.54) is 25.7 Å². The molecule has 3 heteroatoms. The summed E-state index contributed by atoms with van der Waals surface area (Å²) < 4.78 is 0. The number of unbranched alkanes of at least 4 members (excludes halogenated alkanes) is 1. The number of aromatic nitrogens is 1. The lowest BCUT2D eigenvalue weighted by atomic mass is 10.2. The Labute approximate surface area is 97.7 Å². The van der Waals surface area contributed by atoms with E-state index in [1.807, 2.05) is 19.2 Å². The van der Waals surface area contributed by atoms with Crippen LogP contribution >= 0.6 is 0 Å². The van der Waals surface area contributed by atoms with Gasteiger partial charge in [0, 0.05) is 30.5 Å². The molecule has 1 aromatic heterocycles. The highest BCUT2D eigenvalue weighted by Gasteiger charge is 2.29. The van der Waals surface area contributed by atoms with Crippen molar-refractivity contribution < 1.29 is 0 Å². The normalized spacial score (nSPS) is 15.1. The van der Waals surface area contributed by atoms with Crippen molar-refractivity contribution in [3.05, 3.63) is 17.8 Å². The molecule has 1 saturated carbocycles. The molecule has 1 heterocycles. The molecule has 1 aliphatic rings. The number of nitrogen functional groups attached to an aromatic ring is 1. The van der Waals surface area contributed by atoms with Crippen molar-refractivity contribution in [1.82, 2.24) is 4.98 Å². The summed E-state index contributed by atoms with van der Waals surface area (Å²) in [7, 11) is 0. The molecule has 0 atom stereocenters. The molecule has 1 aromatic rings. The van der Waals surface area contributed by atoms with Gasteiger partial charge in [0.25, 0.3) is 0 Å². The summed E-state index contributed by atoms with van der Waals surface area (Å²) in [4.78, 5) is 6.92. The summed E-state index contributed by atoms with van der Waals surface area (Å²) in [5.41, 5.74) is 7.86. The second kappa shape index (κ2) is 4.73. The minimum Gasteiger partial charge on any atom is -0.398 e. The molecule has 0 unspecified atom stereocenters. The standard InChI is InChI=1S/C13H21N3/c1-3-4-7-16(11-5-6-11)13-8-12(14)10(2)9-15-13/h8-9,11H,3-7H2,1-2H3,(H2,14,15). The largest absolute Gasteiger partial charge is 0.398 e. The first kappa shape index (κ1) is 11.2. The Morgan fingerprint density at radius 1 is 1.50 bits per heavy atom. The Kier molecular flexibility index (Phi) is 3.32. The molecule has 0 saturated heterocycles. The van der Waals surface area contributed by atoms with Gasteiger partial charge in [0.05, 0.1) is 0 Å². The van der Waals surface area contributed by atoms with E-state index in [9.17, 15) is 0 Å². The van der Waals surface area contributed by atoms with Crippen molar-refractivity contribution in [2.24, 2.45) is 0 Å². The Hall–Kier alpha value is -1.25. The van der Waals surface area contributed by atoms with Gasteiger partial charge in [-0.25, -0.2) is 4.98 Å². The number of pyridine rings is 1. The fraction of sp³-hybridized carbons (Fsp3) is 0.615. The van der Waals surface area contributed by atoms with Crippen molar-refractivity contribution in [1.29, 1.82) is 0 Å². The minimum atomic E-state index is 0.709. The van der Waals surface area contributed by atoms with Crippen LogP contribution in [0.3, 0.4) is 0 Å². The summed E-state index contributed by atoms with van der Waals surface area (Å²) in [6.07, 6.45) is 6.95. The highest BCUT2D eigenvalue weighted by atomic mass is 15.2. The lowest BCUT2D eigenvalue weighted by Gasteiger charge is -2.23. The molecular formula is C13H21N3. The van der Waals surface area contributed by atoms with Crippen LogP contribution in [-0.2, 0) is 0 Å². The van der Waals surface area contributed by atoms with E-state index in [-0.39, 0.29) is 0 Å². The van der Waals surface area contributed by atoms with E-state index < -0.39 is 0 Å². The van der Waals surface area contributed by atoms with Crippen molar-refractivity contribution in [2.75, 3.05) is 17.2 Å². The van der Waals surface area contributed by atoms with Gasteiger partial charge in [0.1, 0.15) is 5.82 Å². The predicted octanol–water partition coefficient (Wildman–Crippen LogP) is 2.74. The number of hydrogen-bond acceptors (Lipinski definition) is 3. The third kappa shape index (κ3) is 2.46. The molecule has 0 spiro atoms. The van der Waals surface area contributed by atoms with Gasteiger partial charge in [-0.1, -0.05) is 13.3 Å². The molecule has 0 amide bonds. The Bertz CT molecular complexity index is 358. The highest BCUT2D eigenvalue weighted by molar-refractivity contribution is 5.55. The van der Waals surface area contributed by atoms with E-state index in [1.54, 1.807) is 0 Å². The van der Waals surface area contributed by atoms with Gasteiger partial charge in [0.2, 0.25) is 0 Å². The number of aryl methyl sites for hydroxylation is 1. The summed E-state index contributed by atoms with van der Waals surface area (Å²) >= 11 is 0. The lowest BCUT2D eigenvalue weighted by molar-refractivity contribution is 0.705. The quantitative estimate of drug-likeness (QED) is 0.828. The highest BCUT2D eigenvalue weighted by Crippen LogP contribution is 2.31. The smallest absolute Gasteiger partial charge is 0.130 e. The molecular weight excluding hydrogens is 198 g/mol. The van der Waals surface area contributed by atoms with Crippen LogP contribution in [0.15, 0.2) is 12.3 Å². The Morgan fingerprint density at radius 2 is 2.25 bits per heavy atom. The maximum absolute atomic E-state index is 5.94. The molecule has 1 aliphatic carbocycles. The van der Waals surface area contributed by atoms with Crippen LogP contribution in [-0.4, -0.2) is 17.6 Å². The van der Waals surface area contributed by atoms with Crippen LogP contribution in [0, 0.1) is 6.92 Å². The molecule has 2 rings (SSSR count). The second-order valence-electron chi connectivity index (χ2n) is 4.68. The molecule has 16 heavy (non-hydrogen) atoms. The third-order valence-corrected chi connectivity index (χ3v) is 3.16. The van der Waals surface area contributed by atoms with Gasteiger partial charge in [-0.15, -0.1) is 0 Å². The lowest BCUT2D eigenvalue weighted by Crippen LogP contribution is -2.27. The van der Waals surface area contributed by atoms with Gasteiger partial charge in [0.15, 0.2) is 0 Å². The van der Waals surface area contributed by atoms with Crippen LogP contribution in [0.5, 0.6) is 0 Å². The number of nitrogens with zero attached hydrogens (tertiary/aromatic N) is 2. The van der Waals surface area contributed by atoms with Crippen LogP contribution in [0.1, 0.15) is 38.2 Å². The Morgan fingerprint density at radius 3 is 2.81 bits per heavy atom. The van der Waals surface area contributed by atoms with Gasteiger partial charge < -0.3 is 10.6 Å². The first-order chi connectivity index (χ1) is 7.72. The topological polar surface area (TPSA) is 42.1 Å². The fourth-order valence-corrected chi connectivity index (χ4v) is 1.88. The van der Waals surface area contributed by atoms with Crippen molar-refractivity contribution in [3.63, 3.8) is 0 Å². The Balaban J connectivity index is 2.14. The van der Waals surface area contributed by atoms with Crippen LogP contribution in [0.25, 0.3) is 0 Å². The molecule has 88 valence electrons. The fourth-order valence-electron chi connectivity index (χ4n) is 1.88. The third-order valence-electron chi connectivity index (χ3n) is 3.16. The molecule has 3 nitrogen and oxygen atoms in total. The average molecular weight is 219 g/mol. The van der Waals surface area contributed by atoms with E-state index in [0.29, 0.717) is 6.04 Å². The maximum atomic E-state index is 5.94. The van der Waals surface area contributed by atoms with Crippen LogP contribution in [0.2, 0.25) is 0 Å². The summed E-state index contributed by atoms with van der Waals surface area (Å²) in [5, 5.41) is 0. The van der Waals surface area contributed by atoms with Gasteiger partial charge in [-0.3, -0.25) is 0 Å². The molecule has 0 radical (unpaired) electrons. The molecule has 0 aliphatic heterocycles. The van der Waals surface area contributed by atoms with Crippen LogP contribution in [0.4, 0.5) is 11.5 Å². The number of nitrogens with two attached hydrogens (primary N) is 1. The SMILES string of the molecule is CCCCN(c1cc(N)c(C)cn1)C1CC1. The zero-order chi connectivity index (χ0) is 11.5. The summed E-state index contributed by atoms with van der Waals surface area (Å²) in [6, 6.07) is 2.73.